The molecule has 0 radical (unpaired) electrons. The van der Waals surface area contributed by atoms with Crippen molar-refractivity contribution in [1.29, 1.82) is 0 Å². The standard InChI is InChI=1S/C17H26N4O/c1-19(15-5-3-2-4-6-15)17(22)14-20-9-11-21(12-10-20)16-7-8-18-13-16/h2-6,16,18H,7-14H2,1H3. The quantitative estimate of drug-likeness (QED) is 0.885. The summed E-state index contributed by atoms with van der Waals surface area (Å²) >= 11 is 0. The van der Waals surface area contributed by atoms with E-state index in [1.807, 2.05) is 37.4 Å². The molecule has 0 saturated carbocycles. The molecule has 1 amide bonds. The minimum absolute atomic E-state index is 0.169. The third-order valence-corrected chi connectivity index (χ3v) is 4.83. The van der Waals surface area contributed by atoms with Crippen molar-refractivity contribution in [2.45, 2.75) is 12.5 Å². The van der Waals surface area contributed by atoms with Crippen molar-refractivity contribution < 1.29 is 4.79 Å². The zero-order chi connectivity index (χ0) is 15.4. The van der Waals surface area contributed by atoms with Crippen LogP contribution in [0.1, 0.15) is 6.42 Å². The molecule has 3 rings (SSSR count). The van der Waals surface area contributed by atoms with Gasteiger partial charge in [-0.15, -0.1) is 0 Å². The lowest BCUT2D eigenvalue weighted by Crippen LogP contribution is -2.52. The van der Waals surface area contributed by atoms with E-state index >= 15 is 0 Å². The molecule has 2 aliphatic heterocycles. The largest absolute Gasteiger partial charge is 0.315 e. The number of hydrogen-bond donors (Lipinski definition) is 1. The van der Waals surface area contributed by atoms with Crippen LogP contribution in [-0.4, -0.2) is 74.6 Å². The molecule has 1 aromatic carbocycles. The molecule has 0 bridgehead atoms. The Kier molecular flexibility index (Phi) is 5.08. The number of hydrogen-bond acceptors (Lipinski definition) is 4. The van der Waals surface area contributed by atoms with Crippen molar-refractivity contribution in [2.24, 2.45) is 0 Å². The molecule has 2 saturated heterocycles. The van der Waals surface area contributed by atoms with Crippen molar-refractivity contribution in [3.8, 4) is 0 Å². The highest BCUT2D eigenvalue weighted by Crippen LogP contribution is 2.14. The third kappa shape index (κ3) is 3.66. The number of benzene rings is 1. The summed E-state index contributed by atoms with van der Waals surface area (Å²) in [6.07, 6.45) is 1.26. The highest BCUT2D eigenvalue weighted by atomic mass is 16.2. The first-order valence-corrected chi connectivity index (χ1v) is 8.23. The molecule has 2 heterocycles. The van der Waals surface area contributed by atoms with Gasteiger partial charge in [0.1, 0.15) is 0 Å². The highest BCUT2D eigenvalue weighted by molar-refractivity contribution is 5.94. The van der Waals surface area contributed by atoms with E-state index < -0.39 is 0 Å². The van der Waals surface area contributed by atoms with Gasteiger partial charge in [0.25, 0.3) is 0 Å². The number of rotatable bonds is 4. The minimum Gasteiger partial charge on any atom is -0.315 e. The van der Waals surface area contributed by atoms with Crippen LogP contribution < -0.4 is 10.2 Å². The van der Waals surface area contributed by atoms with Crippen LogP contribution in [0.4, 0.5) is 5.69 Å². The Hall–Kier alpha value is -1.43. The lowest BCUT2D eigenvalue weighted by atomic mass is 10.2. The predicted octanol–water partition coefficient (Wildman–Crippen LogP) is 0.629. The van der Waals surface area contributed by atoms with Gasteiger partial charge in [0, 0.05) is 51.5 Å². The smallest absolute Gasteiger partial charge is 0.240 e. The van der Waals surface area contributed by atoms with Gasteiger partial charge in [-0.05, 0) is 25.1 Å². The van der Waals surface area contributed by atoms with E-state index in [9.17, 15) is 4.79 Å². The van der Waals surface area contributed by atoms with E-state index in [1.54, 1.807) is 4.90 Å². The van der Waals surface area contributed by atoms with E-state index in [-0.39, 0.29) is 5.91 Å². The fourth-order valence-corrected chi connectivity index (χ4v) is 3.33. The maximum atomic E-state index is 12.4. The van der Waals surface area contributed by atoms with Gasteiger partial charge in [0.2, 0.25) is 5.91 Å². The maximum Gasteiger partial charge on any atom is 0.240 e. The summed E-state index contributed by atoms with van der Waals surface area (Å²) in [5.74, 6) is 0.169. The topological polar surface area (TPSA) is 38.8 Å². The summed E-state index contributed by atoms with van der Waals surface area (Å²) in [7, 11) is 1.86. The van der Waals surface area contributed by atoms with Crippen molar-refractivity contribution >= 4 is 11.6 Å². The van der Waals surface area contributed by atoms with E-state index in [1.165, 1.54) is 6.42 Å². The normalized spacial score (nSPS) is 23.6. The zero-order valence-corrected chi connectivity index (χ0v) is 13.4. The van der Waals surface area contributed by atoms with Crippen LogP contribution in [0.25, 0.3) is 0 Å². The highest BCUT2D eigenvalue weighted by Gasteiger charge is 2.27. The number of piperazine rings is 1. The molecule has 0 spiro atoms. The number of para-hydroxylation sites is 1. The molecule has 1 unspecified atom stereocenters. The SMILES string of the molecule is CN(C(=O)CN1CCN(C2CCNC2)CC1)c1ccccc1. The average molecular weight is 302 g/mol. The van der Waals surface area contributed by atoms with Crippen molar-refractivity contribution in [3.05, 3.63) is 30.3 Å². The van der Waals surface area contributed by atoms with Gasteiger partial charge in [-0.3, -0.25) is 14.6 Å². The fraction of sp³-hybridized carbons (Fsp3) is 0.588. The lowest BCUT2D eigenvalue weighted by molar-refractivity contribution is -0.119. The van der Waals surface area contributed by atoms with Crippen LogP contribution in [0.5, 0.6) is 0 Å². The van der Waals surface area contributed by atoms with E-state index in [0.717, 1.165) is 45.0 Å². The Balaban J connectivity index is 1.47. The van der Waals surface area contributed by atoms with E-state index in [4.69, 9.17) is 0 Å². The summed E-state index contributed by atoms with van der Waals surface area (Å²) in [5, 5.41) is 3.43. The van der Waals surface area contributed by atoms with Crippen LogP contribution in [0.3, 0.4) is 0 Å². The number of amides is 1. The fourth-order valence-electron chi connectivity index (χ4n) is 3.33. The molecule has 22 heavy (non-hydrogen) atoms. The number of carbonyl (C=O) groups is 1. The molecular weight excluding hydrogens is 276 g/mol. The molecule has 1 N–H and O–H groups in total. The van der Waals surface area contributed by atoms with Crippen LogP contribution in [0.15, 0.2) is 30.3 Å². The van der Waals surface area contributed by atoms with Gasteiger partial charge in [-0.2, -0.15) is 0 Å². The van der Waals surface area contributed by atoms with Gasteiger partial charge in [-0.1, -0.05) is 18.2 Å². The number of nitrogens with one attached hydrogen (secondary N) is 1. The van der Waals surface area contributed by atoms with E-state index in [2.05, 4.69) is 15.1 Å². The summed E-state index contributed by atoms with van der Waals surface area (Å²) in [5.41, 5.74) is 0.961. The molecular formula is C17H26N4O. The Morgan fingerprint density at radius 2 is 1.95 bits per heavy atom. The van der Waals surface area contributed by atoms with Gasteiger partial charge >= 0.3 is 0 Å². The second kappa shape index (κ2) is 7.22. The molecule has 5 nitrogen and oxygen atoms in total. The third-order valence-electron chi connectivity index (χ3n) is 4.83. The van der Waals surface area contributed by atoms with Crippen LogP contribution >= 0.6 is 0 Å². The first kappa shape index (κ1) is 15.5. The first-order chi connectivity index (χ1) is 10.7. The molecule has 1 atom stereocenters. The zero-order valence-electron chi connectivity index (χ0n) is 13.4. The molecule has 5 heteroatoms. The monoisotopic (exact) mass is 302 g/mol. The van der Waals surface area contributed by atoms with Crippen LogP contribution in [-0.2, 0) is 4.79 Å². The molecule has 2 aliphatic rings. The van der Waals surface area contributed by atoms with Crippen molar-refractivity contribution in [1.82, 2.24) is 15.1 Å². The predicted molar refractivity (Wildman–Crippen MR) is 89.1 cm³/mol. The second-order valence-electron chi connectivity index (χ2n) is 6.25. The minimum atomic E-state index is 0.169. The van der Waals surface area contributed by atoms with Crippen molar-refractivity contribution in [3.63, 3.8) is 0 Å². The van der Waals surface area contributed by atoms with Crippen molar-refractivity contribution in [2.75, 3.05) is 57.8 Å². The summed E-state index contributed by atoms with van der Waals surface area (Å²) in [6, 6.07) is 10.6. The van der Waals surface area contributed by atoms with Gasteiger partial charge < -0.3 is 10.2 Å². The molecule has 2 fully saturated rings. The Morgan fingerprint density at radius 1 is 1.23 bits per heavy atom. The van der Waals surface area contributed by atoms with Crippen LogP contribution in [0, 0.1) is 0 Å². The molecule has 0 aromatic heterocycles. The second-order valence-corrected chi connectivity index (χ2v) is 6.25. The first-order valence-electron chi connectivity index (χ1n) is 8.23. The van der Waals surface area contributed by atoms with Gasteiger partial charge in [0.15, 0.2) is 0 Å². The summed E-state index contributed by atoms with van der Waals surface area (Å²) in [4.78, 5) is 19.0. The number of carbonyl (C=O) groups excluding carboxylic acids is 1. The number of likely N-dealkylation sites (N-methyl/N-ethyl adjacent to an activating group) is 1. The Bertz CT molecular complexity index is 479. The maximum absolute atomic E-state index is 12.4. The Labute approximate surface area is 132 Å². The average Bonchev–Trinajstić information content (AvgIpc) is 3.10. The number of nitrogens with zero attached hydrogens (tertiary/aromatic N) is 3. The lowest BCUT2D eigenvalue weighted by Gasteiger charge is -2.37. The van der Waals surface area contributed by atoms with Crippen LogP contribution in [0.2, 0.25) is 0 Å². The Morgan fingerprint density at radius 3 is 2.59 bits per heavy atom. The molecule has 0 aliphatic carbocycles. The summed E-state index contributed by atoms with van der Waals surface area (Å²) in [6.45, 7) is 6.92. The van der Waals surface area contributed by atoms with Gasteiger partial charge in [-0.25, -0.2) is 0 Å². The molecule has 120 valence electrons. The molecule has 1 aromatic rings. The van der Waals surface area contributed by atoms with Gasteiger partial charge in [0.05, 0.1) is 6.54 Å². The number of anilines is 1. The summed E-state index contributed by atoms with van der Waals surface area (Å²) < 4.78 is 0. The van der Waals surface area contributed by atoms with E-state index in [0.29, 0.717) is 12.6 Å².